The van der Waals surface area contributed by atoms with E-state index in [-0.39, 0.29) is 0 Å². The molecule has 5 nitrogen and oxygen atoms in total. The molecule has 1 aliphatic heterocycles. The number of amides is 2. The first-order valence-electron chi connectivity index (χ1n) is 2.25. The standard InChI is InChI=1S/C3H6N4O/c4-3(8)7-2-1-5-6-7/h1-2H2,(H2,4,8). The van der Waals surface area contributed by atoms with Crippen LogP contribution < -0.4 is 5.73 Å². The van der Waals surface area contributed by atoms with Crippen LogP contribution in [0, 0.1) is 0 Å². The molecule has 8 heavy (non-hydrogen) atoms. The van der Waals surface area contributed by atoms with Crippen LogP contribution in [0.2, 0.25) is 0 Å². The van der Waals surface area contributed by atoms with Crippen molar-refractivity contribution in [2.75, 3.05) is 13.1 Å². The topological polar surface area (TPSA) is 71.1 Å². The van der Waals surface area contributed by atoms with Crippen molar-refractivity contribution in [2.24, 2.45) is 16.1 Å². The zero-order valence-electron chi connectivity index (χ0n) is 4.24. The molecule has 0 aliphatic carbocycles. The van der Waals surface area contributed by atoms with Crippen LogP contribution in [0.1, 0.15) is 0 Å². The molecule has 0 unspecified atom stereocenters. The molecule has 0 aromatic heterocycles. The van der Waals surface area contributed by atoms with Gasteiger partial charge < -0.3 is 5.73 Å². The lowest BCUT2D eigenvalue weighted by molar-refractivity contribution is 0.215. The summed E-state index contributed by atoms with van der Waals surface area (Å²) >= 11 is 0. The summed E-state index contributed by atoms with van der Waals surface area (Å²) in [5.74, 6) is 0. The summed E-state index contributed by atoms with van der Waals surface area (Å²) in [7, 11) is 0. The molecular weight excluding hydrogens is 108 g/mol. The number of carbonyl (C=O) groups is 1. The monoisotopic (exact) mass is 114 g/mol. The maximum absolute atomic E-state index is 10.2. The molecule has 2 N–H and O–H groups in total. The number of nitrogens with two attached hydrogens (primary N) is 1. The second-order valence-electron chi connectivity index (χ2n) is 1.42. The van der Waals surface area contributed by atoms with Crippen LogP contribution in [-0.4, -0.2) is 24.1 Å². The molecule has 1 aliphatic rings. The lowest BCUT2D eigenvalue weighted by atomic mass is 10.6. The lowest BCUT2D eigenvalue weighted by Gasteiger charge is -2.01. The summed E-state index contributed by atoms with van der Waals surface area (Å²) in [4.78, 5) is 10.2. The van der Waals surface area contributed by atoms with Crippen molar-refractivity contribution in [3.8, 4) is 0 Å². The van der Waals surface area contributed by atoms with Crippen molar-refractivity contribution >= 4 is 6.03 Å². The van der Waals surface area contributed by atoms with E-state index in [1.54, 1.807) is 0 Å². The first kappa shape index (κ1) is 5.02. The minimum Gasteiger partial charge on any atom is -0.350 e. The predicted octanol–water partition coefficient (Wildman–Crippen LogP) is -0.252. The summed E-state index contributed by atoms with van der Waals surface area (Å²) in [6, 6.07) is -0.536. The molecule has 44 valence electrons. The average Bonchev–Trinajstić information content (AvgIpc) is 2.12. The van der Waals surface area contributed by atoms with Gasteiger partial charge >= 0.3 is 6.03 Å². The summed E-state index contributed by atoms with van der Waals surface area (Å²) in [5.41, 5.74) is 4.83. The molecule has 2 amide bonds. The third-order valence-corrected chi connectivity index (χ3v) is 0.837. The van der Waals surface area contributed by atoms with Crippen molar-refractivity contribution in [1.82, 2.24) is 5.01 Å². The van der Waals surface area contributed by atoms with Crippen LogP contribution in [0.15, 0.2) is 10.3 Å². The molecular formula is C3H6N4O. The first-order valence-corrected chi connectivity index (χ1v) is 2.25. The molecule has 0 aromatic rings. The van der Waals surface area contributed by atoms with Crippen LogP contribution in [0.3, 0.4) is 0 Å². The van der Waals surface area contributed by atoms with Crippen LogP contribution in [0.25, 0.3) is 0 Å². The molecule has 5 heteroatoms. The van der Waals surface area contributed by atoms with E-state index in [1.165, 1.54) is 0 Å². The van der Waals surface area contributed by atoms with Crippen molar-refractivity contribution in [1.29, 1.82) is 0 Å². The maximum atomic E-state index is 10.2. The van der Waals surface area contributed by atoms with Crippen molar-refractivity contribution in [3.05, 3.63) is 0 Å². The number of hydrogen-bond donors (Lipinski definition) is 1. The molecule has 0 fully saturated rings. The Labute approximate surface area is 46.1 Å². The van der Waals surface area contributed by atoms with E-state index in [0.717, 1.165) is 5.01 Å². The van der Waals surface area contributed by atoms with Gasteiger partial charge in [0.05, 0.1) is 13.1 Å². The van der Waals surface area contributed by atoms with Gasteiger partial charge in [-0.25, -0.2) is 4.79 Å². The molecule has 1 heterocycles. The Morgan fingerprint density at radius 3 is 2.75 bits per heavy atom. The number of carbonyl (C=O) groups excluding carboxylic acids is 1. The van der Waals surface area contributed by atoms with E-state index in [9.17, 15) is 4.79 Å². The van der Waals surface area contributed by atoms with Crippen LogP contribution in [0.5, 0.6) is 0 Å². The molecule has 0 saturated heterocycles. The maximum Gasteiger partial charge on any atom is 0.336 e. The normalized spacial score (nSPS) is 17.2. The Bertz CT molecular complexity index is 131. The quantitative estimate of drug-likeness (QED) is 0.463. The lowest BCUT2D eigenvalue weighted by Crippen LogP contribution is -2.29. The van der Waals surface area contributed by atoms with E-state index in [1.807, 2.05) is 0 Å². The van der Waals surface area contributed by atoms with Gasteiger partial charge in [-0.15, -0.1) is 0 Å². The van der Waals surface area contributed by atoms with Gasteiger partial charge in [-0.2, -0.15) is 10.1 Å². The molecule has 0 saturated carbocycles. The van der Waals surface area contributed by atoms with Crippen molar-refractivity contribution < 1.29 is 4.79 Å². The minimum absolute atomic E-state index is 0.523. The molecule has 1 rings (SSSR count). The molecule has 0 radical (unpaired) electrons. The van der Waals surface area contributed by atoms with Gasteiger partial charge in [0.1, 0.15) is 0 Å². The SMILES string of the molecule is NC(=O)N1CCN=N1. The average molecular weight is 114 g/mol. The number of primary amides is 1. The number of rotatable bonds is 0. The van der Waals surface area contributed by atoms with Crippen molar-refractivity contribution in [3.63, 3.8) is 0 Å². The van der Waals surface area contributed by atoms with E-state index in [0.29, 0.717) is 13.1 Å². The third kappa shape index (κ3) is 0.749. The third-order valence-electron chi connectivity index (χ3n) is 0.837. The predicted molar refractivity (Wildman–Crippen MR) is 26.0 cm³/mol. The summed E-state index contributed by atoms with van der Waals surface area (Å²) in [5, 5.41) is 8.08. The van der Waals surface area contributed by atoms with E-state index in [2.05, 4.69) is 10.3 Å². The molecule has 0 spiro atoms. The summed E-state index contributed by atoms with van der Waals surface area (Å²) in [6.45, 7) is 1.10. The van der Waals surface area contributed by atoms with Crippen molar-refractivity contribution in [2.45, 2.75) is 0 Å². The van der Waals surface area contributed by atoms with Gasteiger partial charge in [0.15, 0.2) is 0 Å². The summed E-state index contributed by atoms with van der Waals surface area (Å²) in [6.07, 6.45) is 0. The van der Waals surface area contributed by atoms with Gasteiger partial charge in [0.2, 0.25) is 0 Å². The number of urea groups is 1. The fourth-order valence-electron chi connectivity index (χ4n) is 0.460. The second-order valence-corrected chi connectivity index (χ2v) is 1.42. The second kappa shape index (κ2) is 1.77. The van der Waals surface area contributed by atoms with Gasteiger partial charge in [-0.3, -0.25) is 0 Å². The highest BCUT2D eigenvalue weighted by molar-refractivity contribution is 5.71. The molecule has 0 bridgehead atoms. The van der Waals surface area contributed by atoms with Gasteiger partial charge in [-0.05, 0) is 0 Å². The Kier molecular flexibility index (Phi) is 1.11. The largest absolute Gasteiger partial charge is 0.350 e. The highest BCUT2D eigenvalue weighted by atomic mass is 16.2. The zero-order chi connectivity index (χ0) is 5.98. The number of nitrogens with zero attached hydrogens (tertiary/aromatic N) is 3. The highest BCUT2D eigenvalue weighted by Gasteiger charge is 2.10. The first-order chi connectivity index (χ1) is 3.80. The Morgan fingerprint density at radius 2 is 2.50 bits per heavy atom. The fourth-order valence-corrected chi connectivity index (χ4v) is 0.460. The Balaban J connectivity index is 2.48. The van der Waals surface area contributed by atoms with Gasteiger partial charge in [-0.1, -0.05) is 5.22 Å². The van der Waals surface area contributed by atoms with E-state index in [4.69, 9.17) is 5.73 Å². The Morgan fingerprint density at radius 1 is 1.75 bits per heavy atom. The van der Waals surface area contributed by atoms with Crippen LogP contribution in [0.4, 0.5) is 4.79 Å². The highest BCUT2D eigenvalue weighted by Crippen LogP contribution is 1.97. The minimum atomic E-state index is -0.536. The van der Waals surface area contributed by atoms with E-state index < -0.39 is 6.03 Å². The molecule has 0 atom stereocenters. The molecule has 0 aromatic carbocycles. The van der Waals surface area contributed by atoms with Crippen LogP contribution in [-0.2, 0) is 0 Å². The smallest absolute Gasteiger partial charge is 0.336 e. The van der Waals surface area contributed by atoms with Gasteiger partial charge in [0.25, 0.3) is 0 Å². The van der Waals surface area contributed by atoms with E-state index >= 15 is 0 Å². The zero-order valence-corrected chi connectivity index (χ0v) is 4.24. The fraction of sp³-hybridized carbons (Fsp3) is 0.667. The van der Waals surface area contributed by atoms with Gasteiger partial charge in [0, 0.05) is 0 Å². The summed E-state index contributed by atoms with van der Waals surface area (Å²) < 4.78 is 0. The number of hydrogen-bond acceptors (Lipinski definition) is 3. The van der Waals surface area contributed by atoms with Crippen LogP contribution >= 0.6 is 0 Å². The Hall–Kier alpha value is -1.13.